The van der Waals surface area contributed by atoms with Crippen LogP contribution in [0.3, 0.4) is 0 Å². The van der Waals surface area contributed by atoms with Gasteiger partial charge < -0.3 is 11.1 Å². The van der Waals surface area contributed by atoms with Crippen molar-refractivity contribution in [2.24, 2.45) is 11.7 Å². The molecule has 72 valence electrons. The highest BCUT2D eigenvalue weighted by molar-refractivity contribution is 4.97. The van der Waals surface area contributed by atoms with Gasteiger partial charge in [0.25, 0.3) is 0 Å². The molecule has 2 nitrogen and oxygen atoms in total. The van der Waals surface area contributed by atoms with Crippen molar-refractivity contribution in [3.05, 3.63) is 0 Å². The minimum Gasteiger partial charge on any atom is -0.327 e. The Morgan fingerprint density at radius 1 is 1.42 bits per heavy atom. The van der Waals surface area contributed by atoms with E-state index in [1.165, 1.54) is 12.8 Å². The van der Waals surface area contributed by atoms with Crippen molar-refractivity contribution in [3.8, 4) is 0 Å². The second-order valence-corrected chi connectivity index (χ2v) is 4.68. The van der Waals surface area contributed by atoms with Gasteiger partial charge >= 0.3 is 0 Å². The second kappa shape index (κ2) is 3.75. The monoisotopic (exact) mass is 170 g/mol. The van der Waals surface area contributed by atoms with Crippen LogP contribution in [0.25, 0.3) is 0 Å². The second-order valence-electron chi connectivity index (χ2n) is 4.68. The number of nitrogens with one attached hydrogen (secondary N) is 1. The van der Waals surface area contributed by atoms with Crippen LogP contribution in [0.4, 0.5) is 0 Å². The minimum absolute atomic E-state index is 0.361. The largest absolute Gasteiger partial charge is 0.327 e. The van der Waals surface area contributed by atoms with Crippen LogP contribution in [-0.2, 0) is 0 Å². The summed E-state index contributed by atoms with van der Waals surface area (Å²) in [5.41, 5.74) is 6.40. The molecule has 1 saturated carbocycles. The summed E-state index contributed by atoms with van der Waals surface area (Å²) >= 11 is 0. The van der Waals surface area contributed by atoms with Crippen LogP contribution in [0, 0.1) is 5.92 Å². The topological polar surface area (TPSA) is 38.0 Å². The maximum absolute atomic E-state index is 5.93. The fraction of sp³-hybridized carbons (Fsp3) is 1.00. The maximum Gasteiger partial charge on any atom is 0.0154 e. The highest BCUT2D eigenvalue weighted by atomic mass is 15.0. The van der Waals surface area contributed by atoms with Crippen LogP contribution in [0.15, 0.2) is 0 Å². The van der Waals surface area contributed by atoms with Crippen molar-refractivity contribution in [2.75, 3.05) is 6.54 Å². The van der Waals surface area contributed by atoms with Gasteiger partial charge in [-0.15, -0.1) is 0 Å². The molecular weight excluding hydrogens is 148 g/mol. The lowest BCUT2D eigenvalue weighted by atomic mass is 10.0. The van der Waals surface area contributed by atoms with E-state index in [2.05, 4.69) is 26.1 Å². The molecule has 0 amide bonds. The first kappa shape index (κ1) is 10.0. The van der Waals surface area contributed by atoms with Crippen molar-refractivity contribution in [2.45, 2.75) is 51.6 Å². The maximum atomic E-state index is 5.93. The molecule has 3 N–H and O–H groups in total. The van der Waals surface area contributed by atoms with Gasteiger partial charge in [-0.1, -0.05) is 13.8 Å². The first-order valence-corrected chi connectivity index (χ1v) is 5.04. The van der Waals surface area contributed by atoms with Gasteiger partial charge in [0, 0.05) is 11.6 Å². The Hall–Kier alpha value is -0.0800. The van der Waals surface area contributed by atoms with E-state index in [1.54, 1.807) is 0 Å². The summed E-state index contributed by atoms with van der Waals surface area (Å²) in [4.78, 5) is 0. The van der Waals surface area contributed by atoms with Crippen LogP contribution >= 0.6 is 0 Å². The number of hydrogen-bond donors (Lipinski definition) is 2. The van der Waals surface area contributed by atoms with Gasteiger partial charge in [0.1, 0.15) is 0 Å². The first-order chi connectivity index (χ1) is 5.53. The highest BCUT2D eigenvalue weighted by Crippen LogP contribution is 2.34. The highest BCUT2D eigenvalue weighted by Gasteiger charge is 2.36. The van der Waals surface area contributed by atoms with Crippen LogP contribution in [0.1, 0.15) is 40.0 Å². The van der Waals surface area contributed by atoms with E-state index in [4.69, 9.17) is 5.73 Å². The summed E-state index contributed by atoms with van der Waals surface area (Å²) < 4.78 is 0. The Kier molecular flexibility index (Phi) is 3.13. The molecule has 0 aromatic carbocycles. The zero-order valence-electron chi connectivity index (χ0n) is 8.56. The fourth-order valence-corrected chi connectivity index (χ4v) is 1.24. The van der Waals surface area contributed by atoms with Gasteiger partial charge in [-0.05, 0) is 38.6 Å². The quantitative estimate of drug-likeness (QED) is 0.656. The Labute approximate surface area is 75.9 Å². The summed E-state index contributed by atoms with van der Waals surface area (Å²) in [6.45, 7) is 7.73. The van der Waals surface area contributed by atoms with E-state index in [9.17, 15) is 0 Å². The first-order valence-electron chi connectivity index (χ1n) is 5.04. The van der Waals surface area contributed by atoms with Gasteiger partial charge in [-0.3, -0.25) is 0 Å². The average Bonchev–Trinajstić information content (AvgIpc) is 2.68. The summed E-state index contributed by atoms with van der Waals surface area (Å²) in [5, 5.41) is 3.54. The molecular formula is C10H22N2. The molecule has 0 aromatic heterocycles. The van der Waals surface area contributed by atoms with Crippen molar-refractivity contribution in [1.29, 1.82) is 0 Å². The molecule has 0 saturated heterocycles. The predicted molar refractivity (Wildman–Crippen MR) is 53.1 cm³/mol. The minimum atomic E-state index is 0.361. The van der Waals surface area contributed by atoms with Gasteiger partial charge in [0.15, 0.2) is 0 Å². The van der Waals surface area contributed by atoms with Gasteiger partial charge in [0.05, 0.1) is 0 Å². The standard InChI is InChI=1S/C10H22N2/c1-8(2)9(11)4-7-12-10(3)5-6-10/h8-9,12H,4-7,11H2,1-3H3. The van der Waals surface area contributed by atoms with Crippen molar-refractivity contribution >= 4 is 0 Å². The molecule has 2 heteroatoms. The van der Waals surface area contributed by atoms with E-state index in [-0.39, 0.29) is 0 Å². The molecule has 0 aliphatic heterocycles. The van der Waals surface area contributed by atoms with Crippen LogP contribution < -0.4 is 11.1 Å². The van der Waals surface area contributed by atoms with E-state index in [0.717, 1.165) is 13.0 Å². The number of rotatable bonds is 5. The zero-order chi connectivity index (χ0) is 9.19. The van der Waals surface area contributed by atoms with Crippen molar-refractivity contribution < 1.29 is 0 Å². The molecule has 0 bridgehead atoms. The summed E-state index contributed by atoms with van der Waals surface area (Å²) in [5.74, 6) is 0.610. The van der Waals surface area contributed by atoms with Gasteiger partial charge in [-0.25, -0.2) is 0 Å². The lowest BCUT2D eigenvalue weighted by Crippen LogP contribution is -2.35. The van der Waals surface area contributed by atoms with Gasteiger partial charge in [0.2, 0.25) is 0 Å². The third-order valence-electron chi connectivity index (χ3n) is 2.89. The Balaban J connectivity index is 2.02. The van der Waals surface area contributed by atoms with E-state index >= 15 is 0 Å². The van der Waals surface area contributed by atoms with Crippen LogP contribution in [0.2, 0.25) is 0 Å². The average molecular weight is 170 g/mol. The molecule has 1 rings (SSSR count). The van der Waals surface area contributed by atoms with E-state index in [0.29, 0.717) is 17.5 Å². The fourth-order valence-electron chi connectivity index (χ4n) is 1.24. The van der Waals surface area contributed by atoms with E-state index < -0.39 is 0 Å². The molecule has 1 fully saturated rings. The van der Waals surface area contributed by atoms with Gasteiger partial charge in [-0.2, -0.15) is 0 Å². The summed E-state index contributed by atoms with van der Waals surface area (Å²) in [6, 6.07) is 0.361. The third-order valence-corrected chi connectivity index (χ3v) is 2.89. The Morgan fingerprint density at radius 2 is 2.00 bits per heavy atom. The smallest absolute Gasteiger partial charge is 0.0154 e. The summed E-state index contributed by atoms with van der Waals surface area (Å²) in [7, 11) is 0. The molecule has 0 aromatic rings. The normalized spacial score (nSPS) is 22.8. The summed E-state index contributed by atoms with van der Waals surface area (Å²) in [6.07, 6.45) is 3.78. The molecule has 0 radical (unpaired) electrons. The lowest BCUT2D eigenvalue weighted by Gasteiger charge is -2.17. The van der Waals surface area contributed by atoms with Crippen LogP contribution in [0.5, 0.6) is 0 Å². The number of hydrogen-bond acceptors (Lipinski definition) is 2. The van der Waals surface area contributed by atoms with Crippen LogP contribution in [-0.4, -0.2) is 18.1 Å². The molecule has 1 unspecified atom stereocenters. The molecule has 0 spiro atoms. The van der Waals surface area contributed by atoms with E-state index in [1.807, 2.05) is 0 Å². The van der Waals surface area contributed by atoms with Crippen molar-refractivity contribution in [1.82, 2.24) is 5.32 Å². The molecule has 1 aliphatic carbocycles. The SMILES string of the molecule is CC(C)C(N)CCNC1(C)CC1. The molecule has 1 atom stereocenters. The molecule has 1 aliphatic rings. The lowest BCUT2D eigenvalue weighted by molar-refractivity contribution is 0.428. The molecule has 12 heavy (non-hydrogen) atoms. The Bertz CT molecular complexity index is 139. The third kappa shape index (κ3) is 3.11. The van der Waals surface area contributed by atoms with Crippen molar-refractivity contribution in [3.63, 3.8) is 0 Å². The Morgan fingerprint density at radius 3 is 2.42 bits per heavy atom. The zero-order valence-corrected chi connectivity index (χ0v) is 8.56. The molecule has 0 heterocycles. The predicted octanol–water partition coefficient (Wildman–Crippen LogP) is 1.50. The number of nitrogens with two attached hydrogens (primary N) is 1.